The number of Topliss-reactive ketones (excluding diaryl/α,β-unsaturated/α-hetero) is 2. The molecule has 45 heavy (non-hydrogen) atoms. The van der Waals surface area contributed by atoms with E-state index in [0.29, 0.717) is 74.3 Å². The van der Waals surface area contributed by atoms with Crippen molar-refractivity contribution in [2.75, 3.05) is 40.0 Å². The zero-order valence-corrected chi connectivity index (χ0v) is 27.9. The molecule has 2 aromatic carbocycles. The number of aryl methyl sites for hydroxylation is 1. The van der Waals surface area contributed by atoms with Crippen molar-refractivity contribution in [2.45, 2.75) is 19.8 Å². The molecule has 0 spiro atoms. The van der Waals surface area contributed by atoms with Gasteiger partial charge in [-0.2, -0.15) is 0 Å². The van der Waals surface area contributed by atoms with E-state index in [1.54, 1.807) is 61.9 Å². The summed E-state index contributed by atoms with van der Waals surface area (Å²) < 4.78 is 10.2. The van der Waals surface area contributed by atoms with Gasteiger partial charge in [-0.3, -0.25) is 19.4 Å². The molecule has 1 amide bonds. The van der Waals surface area contributed by atoms with Gasteiger partial charge in [-0.25, -0.2) is 0 Å². The van der Waals surface area contributed by atoms with Gasteiger partial charge in [0.1, 0.15) is 12.3 Å². The van der Waals surface area contributed by atoms with Crippen molar-refractivity contribution >= 4 is 69.1 Å². The van der Waals surface area contributed by atoms with Crippen molar-refractivity contribution in [3.63, 3.8) is 0 Å². The van der Waals surface area contributed by atoms with Crippen LogP contribution >= 0.6 is 45.9 Å². The highest BCUT2D eigenvalue weighted by atomic mass is 35.5. The van der Waals surface area contributed by atoms with Gasteiger partial charge in [0.2, 0.25) is 0 Å². The van der Waals surface area contributed by atoms with Gasteiger partial charge in [0.15, 0.2) is 11.6 Å². The highest BCUT2D eigenvalue weighted by Crippen LogP contribution is 2.40. The number of aliphatic imine (C=N–C) groups is 1. The molecular weight excluding hydrogens is 655 g/mol. The zero-order valence-electron chi connectivity index (χ0n) is 24.7. The maximum atomic E-state index is 12.8. The maximum absolute atomic E-state index is 12.8. The van der Waals surface area contributed by atoms with Gasteiger partial charge in [0.05, 0.1) is 44.5 Å². The van der Waals surface area contributed by atoms with E-state index in [2.05, 4.69) is 10.3 Å². The Balaban J connectivity index is 1.26. The molecule has 236 valence electrons. The minimum absolute atomic E-state index is 0.0629. The number of ether oxygens (including phenoxy) is 2. The van der Waals surface area contributed by atoms with E-state index in [4.69, 9.17) is 32.7 Å². The average Bonchev–Trinajstić information content (AvgIpc) is 3.69. The highest BCUT2D eigenvalue weighted by Gasteiger charge is 2.17. The first kappa shape index (κ1) is 34.5. The summed E-state index contributed by atoms with van der Waals surface area (Å²) in [7, 11) is 1.60. The van der Waals surface area contributed by atoms with Crippen molar-refractivity contribution in [1.29, 1.82) is 0 Å². The summed E-state index contributed by atoms with van der Waals surface area (Å²) in [5, 5.41) is 16.2. The van der Waals surface area contributed by atoms with Crippen LogP contribution in [0, 0.1) is 0 Å². The van der Waals surface area contributed by atoms with E-state index in [9.17, 15) is 19.5 Å². The van der Waals surface area contributed by atoms with Gasteiger partial charge in [0, 0.05) is 42.3 Å². The van der Waals surface area contributed by atoms with Crippen molar-refractivity contribution in [2.24, 2.45) is 4.99 Å². The molecule has 0 unspecified atom stereocenters. The number of ketones is 2. The quantitative estimate of drug-likeness (QED) is 0.0722. The standard InChI is InChI=1S/C33H32Cl2N2O6S2/c1-20(24-19-44-32(31(24)40)23-8-9-25(34)26(35)17-23)37-18-28(39)30-12-11-29(45-30)27(38)10-5-21-3-6-22(7-4-21)33(41)36-13-14-43-16-15-42-2/h3-4,6-9,11-12,17,19,40H,5,10,13-16,18H2,1-2H3,(H,36,41). The number of aromatic hydroxyl groups is 1. The Labute approximate surface area is 279 Å². The zero-order chi connectivity index (χ0) is 32.3. The van der Waals surface area contributed by atoms with Gasteiger partial charge in [-0.05, 0) is 60.9 Å². The number of benzene rings is 2. The number of hydrogen-bond donors (Lipinski definition) is 2. The molecule has 0 radical (unpaired) electrons. The van der Waals surface area contributed by atoms with Crippen LogP contribution in [-0.4, -0.2) is 68.3 Å². The number of amides is 1. The van der Waals surface area contributed by atoms with Crippen LogP contribution in [0.5, 0.6) is 5.75 Å². The van der Waals surface area contributed by atoms with Crippen LogP contribution < -0.4 is 5.32 Å². The molecule has 0 saturated carbocycles. The number of hydrogen-bond acceptors (Lipinski definition) is 9. The second kappa shape index (κ2) is 16.8. The number of thiophene rings is 2. The van der Waals surface area contributed by atoms with E-state index >= 15 is 0 Å². The van der Waals surface area contributed by atoms with Crippen LogP contribution in [0.25, 0.3) is 10.4 Å². The average molecular weight is 688 g/mol. The third kappa shape index (κ3) is 9.56. The summed E-state index contributed by atoms with van der Waals surface area (Å²) in [6, 6.07) is 15.6. The van der Waals surface area contributed by atoms with Crippen LogP contribution in [-0.2, 0) is 15.9 Å². The molecule has 4 aromatic rings. The Hall–Kier alpha value is -3.38. The largest absolute Gasteiger partial charge is 0.506 e. The van der Waals surface area contributed by atoms with Crippen LogP contribution in [0.4, 0.5) is 0 Å². The Bertz CT molecular complexity index is 1680. The molecule has 0 aliphatic heterocycles. The molecule has 12 heteroatoms. The van der Waals surface area contributed by atoms with Crippen molar-refractivity contribution in [1.82, 2.24) is 5.32 Å². The highest BCUT2D eigenvalue weighted by molar-refractivity contribution is 7.16. The van der Waals surface area contributed by atoms with E-state index in [1.807, 2.05) is 12.1 Å². The molecule has 2 N–H and O–H groups in total. The SMILES string of the molecule is COCCOCCNC(=O)c1ccc(CCC(=O)c2ccc(C(=O)CN=C(C)c3csc(-c4ccc(Cl)c(Cl)c4)c3O)s2)cc1. The third-order valence-corrected chi connectivity index (χ3v) is 9.70. The Morgan fingerprint density at radius 2 is 1.67 bits per heavy atom. The number of halogens is 2. The first-order chi connectivity index (χ1) is 21.7. The molecule has 0 aliphatic rings. The second-order valence-electron chi connectivity index (χ2n) is 9.93. The number of methoxy groups -OCH3 is 1. The number of carbonyl (C=O) groups excluding carboxylic acids is 3. The molecule has 0 saturated heterocycles. The molecule has 0 aliphatic carbocycles. The summed E-state index contributed by atoms with van der Waals surface area (Å²) in [5.41, 5.74) is 3.25. The number of carbonyl (C=O) groups is 3. The van der Waals surface area contributed by atoms with Crippen molar-refractivity contribution < 1.29 is 29.0 Å². The topological polar surface area (TPSA) is 114 Å². The van der Waals surface area contributed by atoms with Crippen molar-refractivity contribution in [3.05, 3.63) is 96.5 Å². The van der Waals surface area contributed by atoms with Gasteiger partial charge in [-0.15, -0.1) is 22.7 Å². The van der Waals surface area contributed by atoms with Crippen LogP contribution in [0.15, 0.2) is 65.0 Å². The molecule has 0 fully saturated rings. The maximum Gasteiger partial charge on any atom is 0.251 e. The van der Waals surface area contributed by atoms with Gasteiger partial charge in [0.25, 0.3) is 5.91 Å². The molecule has 4 rings (SSSR count). The first-order valence-electron chi connectivity index (χ1n) is 14.0. The summed E-state index contributed by atoms with van der Waals surface area (Å²) in [4.78, 5) is 44.0. The minimum Gasteiger partial charge on any atom is -0.506 e. The predicted octanol–water partition coefficient (Wildman–Crippen LogP) is 7.39. The van der Waals surface area contributed by atoms with Gasteiger partial charge >= 0.3 is 0 Å². The molecule has 0 bridgehead atoms. The lowest BCUT2D eigenvalue weighted by atomic mass is 10.0. The lowest BCUT2D eigenvalue weighted by Crippen LogP contribution is -2.27. The second-order valence-corrected chi connectivity index (χ2v) is 12.7. The third-order valence-electron chi connectivity index (χ3n) is 6.77. The Kier molecular flexibility index (Phi) is 12.9. The number of nitrogens with zero attached hydrogens (tertiary/aromatic N) is 1. The van der Waals surface area contributed by atoms with E-state index in [0.717, 1.165) is 22.5 Å². The summed E-state index contributed by atoms with van der Waals surface area (Å²) in [6.07, 6.45) is 0.779. The fraction of sp³-hybridized carbons (Fsp3) is 0.273. The normalized spacial score (nSPS) is 11.5. The first-order valence-corrected chi connectivity index (χ1v) is 16.5. The smallest absolute Gasteiger partial charge is 0.251 e. The van der Waals surface area contributed by atoms with E-state index in [-0.39, 0.29) is 36.2 Å². The fourth-order valence-corrected chi connectivity index (χ4v) is 6.43. The van der Waals surface area contributed by atoms with Crippen LogP contribution in [0.2, 0.25) is 10.0 Å². The summed E-state index contributed by atoms with van der Waals surface area (Å²) in [5.74, 6) is -0.405. The summed E-state index contributed by atoms with van der Waals surface area (Å²) in [6.45, 7) is 3.41. The molecule has 0 atom stereocenters. The Morgan fingerprint density at radius 1 is 0.933 bits per heavy atom. The fourth-order valence-electron chi connectivity index (χ4n) is 4.23. The minimum atomic E-state index is -0.215. The van der Waals surface area contributed by atoms with Gasteiger partial charge < -0.3 is 19.9 Å². The lowest BCUT2D eigenvalue weighted by Gasteiger charge is -2.07. The monoisotopic (exact) mass is 686 g/mol. The van der Waals surface area contributed by atoms with Gasteiger partial charge in [-0.1, -0.05) is 41.4 Å². The van der Waals surface area contributed by atoms with Crippen LogP contribution in [0.1, 0.15) is 54.2 Å². The van der Waals surface area contributed by atoms with E-state index < -0.39 is 0 Å². The molecule has 2 aromatic heterocycles. The lowest BCUT2D eigenvalue weighted by molar-refractivity contribution is 0.0692. The predicted molar refractivity (Wildman–Crippen MR) is 181 cm³/mol. The van der Waals surface area contributed by atoms with Crippen LogP contribution in [0.3, 0.4) is 0 Å². The molecular formula is C33H32Cl2N2O6S2. The van der Waals surface area contributed by atoms with E-state index in [1.165, 1.54) is 11.3 Å². The Morgan fingerprint density at radius 3 is 2.38 bits per heavy atom. The molecule has 2 heterocycles. The number of nitrogens with one attached hydrogen (secondary N) is 1. The molecule has 8 nitrogen and oxygen atoms in total. The number of rotatable bonds is 16. The van der Waals surface area contributed by atoms with Crippen molar-refractivity contribution in [3.8, 4) is 16.2 Å². The summed E-state index contributed by atoms with van der Waals surface area (Å²) >= 11 is 14.6.